The van der Waals surface area contributed by atoms with Crippen molar-refractivity contribution in [2.75, 3.05) is 0 Å². The average molecular weight is 462 g/mol. The number of nitrogens with one attached hydrogen (secondary N) is 2. The quantitative estimate of drug-likeness (QED) is 0.562. The van der Waals surface area contributed by atoms with E-state index in [0.717, 1.165) is 24.0 Å². The lowest BCUT2D eigenvalue weighted by Gasteiger charge is -2.44. The van der Waals surface area contributed by atoms with Crippen LogP contribution in [0.25, 0.3) is 0 Å². The van der Waals surface area contributed by atoms with Crippen molar-refractivity contribution < 1.29 is 18.8 Å². The Bertz CT molecular complexity index is 1230. The molecule has 1 aromatic carbocycles. The van der Waals surface area contributed by atoms with Gasteiger partial charge in [-0.2, -0.15) is 0 Å². The third-order valence-corrected chi connectivity index (χ3v) is 6.46. The predicted octanol–water partition coefficient (Wildman–Crippen LogP) is 2.41. The van der Waals surface area contributed by atoms with Crippen molar-refractivity contribution in [1.29, 1.82) is 0 Å². The monoisotopic (exact) mass is 461 g/mol. The van der Waals surface area contributed by atoms with Crippen LogP contribution in [0.15, 0.2) is 53.4 Å². The molecule has 176 valence electrons. The van der Waals surface area contributed by atoms with Gasteiger partial charge in [-0.25, -0.2) is 4.98 Å². The number of fused-ring (bicyclic) bond motifs is 1. The molecule has 5 rings (SSSR count). The lowest BCUT2D eigenvalue weighted by molar-refractivity contribution is -0.133. The van der Waals surface area contributed by atoms with Crippen molar-refractivity contribution in [3.8, 4) is 0 Å². The van der Waals surface area contributed by atoms with Crippen LogP contribution < -0.4 is 10.6 Å². The van der Waals surface area contributed by atoms with Gasteiger partial charge in [0, 0.05) is 12.6 Å². The van der Waals surface area contributed by atoms with Gasteiger partial charge in [0.15, 0.2) is 5.69 Å². The first-order valence-electron chi connectivity index (χ1n) is 11.4. The zero-order valence-corrected chi connectivity index (χ0v) is 19.2. The van der Waals surface area contributed by atoms with E-state index >= 15 is 0 Å². The third-order valence-electron chi connectivity index (χ3n) is 6.46. The molecule has 3 amide bonds. The molecule has 1 aliphatic heterocycles. The van der Waals surface area contributed by atoms with E-state index in [1.807, 2.05) is 31.2 Å². The summed E-state index contributed by atoms with van der Waals surface area (Å²) in [5, 5.41) is 5.75. The van der Waals surface area contributed by atoms with Gasteiger partial charge in [-0.3, -0.25) is 14.4 Å². The average Bonchev–Trinajstić information content (AvgIpc) is 3.33. The van der Waals surface area contributed by atoms with E-state index in [-0.39, 0.29) is 42.3 Å². The molecule has 2 aliphatic rings. The van der Waals surface area contributed by atoms with Gasteiger partial charge in [0.2, 0.25) is 5.91 Å². The highest BCUT2D eigenvalue weighted by Crippen LogP contribution is 2.38. The number of carbonyl (C=O) groups excluding carboxylic acids is 3. The van der Waals surface area contributed by atoms with Crippen molar-refractivity contribution in [1.82, 2.24) is 25.1 Å². The molecule has 2 N–H and O–H groups in total. The van der Waals surface area contributed by atoms with E-state index in [0.29, 0.717) is 12.3 Å². The summed E-state index contributed by atoms with van der Waals surface area (Å²) in [4.78, 5) is 45.7. The summed E-state index contributed by atoms with van der Waals surface area (Å²) in [6.07, 6.45) is 4.66. The summed E-state index contributed by atoms with van der Waals surface area (Å²) in [6.45, 7) is 4.59. The van der Waals surface area contributed by atoms with Gasteiger partial charge in [0.05, 0.1) is 25.7 Å². The summed E-state index contributed by atoms with van der Waals surface area (Å²) in [7, 11) is 0. The third kappa shape index (κ3) is 3.98. The van der Waals surface area contributed by atoms with Crippen LogP contribution in [-0.2, 0) is 24.4 Å². The van der Waals surface area contributed by atoms with E-state index in [1.165, 1.54) is 12.6 Å². The molecule has 0 bridgehead atoms. The molecule has 0 spiro atoms. The van der Waals surface area contributed by atoms with Crippen LogP contribution in [0, 0.1) is 6.92 Å². The van der Waals surface area contributed by atoms with Gasteiger partial charge in [0.1, 0.15) is 17.0 Å². The second-order valence-corrected chi connectivity index (χ2v) is 9.18. The summed E-state index contributed by atoms with van der Waals surface area (Å²) < 4.78 is 6.87. The Kier molecular flexibility index (Phi) is 5.47. The number of nitrogens with zero attached hydrogens (tertiary/aromatic N) is 3. The molecule has 1 aliphatic carbocycles. The van der Waals surface area contributed by atoms with Crippen LogP contribution in [0.5, 0.6) is 0 Å². The van der Waals surface area contributed by atoms with Gasteiger partial charge in [0.25, 0.3) is 11.8 Å². The van der Waals surface area contributed by atoms with E-state index < -0.39 is 11.4 Å². The number of aromatic nitrogens is 2. The van der Waals surface area contributed by atoms with E-state index in [1.54, 1.807) is 28.5 Å². The van der Waals surface area contributed by atoms with Gasteiger partial charge < -0.3 is 24.5 Å². The lowest BCUT2D eigenvalue weighted by atomic mass is 9.93. The van der Waals surface area contributed by atoms with Crippen LogP contribution in [-0.4, -0.2) is 43.8 Å². The fourth-order valence-electron chi connectivity index (χ4n) is 4.46. The Morgan fingerprint density at radius 2 is 1.91 bits per heavy atom. The van der Waals surface area contributed by atoms with Gasteiger partial charge in [-0.05, 0) is 44.4 Å². The van der Waals surface area contributed by atoms with E-state index in [9.17, 15) is 14.4 Å². The van der Waals surface area contributed by atoms with Crippen molar-refractivity contribution in [2.24, 2.45) is 0 Å². The summed E-state index contributed by atoms with van der Waals surface area (Å²) in [6, 6.07) is 11.4. The topological polar surface area (TPSA) is 109 Å². The summed E-state index contributed by atoms with van der Waals surface area (Å²) in [5.74, 6) is -0.425. The number of imidazole rings is 1. The highest BCUT2D eigenvalue weighted by Gasteiger charge is 2.53. The molecule has 3 aromatic rings. The van der Waals surface area contributed by atoms with Crippen LogP contribution in [0.4, 0.5) is 0 Å². The number of aryl methyl sites for hydroxylation is 1. The standard InChI is InChI=1S/C25H27N5O4/c1-16-5-7-17(8-6-16)12-27-24(33)25(2)14-29-15-28-20(21(29)23(32)30(25)18-9-10-18)22(31)26-13-19-4-3-11-34-19/h3-8,11,15,18H,9-10,12-14H2,1-2H3,(H,26,31)(H,27,33)/t25-/m0/s1. The summed E-state index contributed by atoms with van der Waals surface area (Å²) >= 11 is 0. The van der Waals surface area contributed by atoms with Crippen molar-refractivity contribution >= 4 is 17.7 Å². The number of amides is 3. The highest BCUT2D eigenvalue weighted by atomic mass is 16.3. The first-order chi connectivity index (χ1) is 16.4. The van der Waals surface area contributed by atoms with Crippen LogP contribution >= 0.6 is 0 Å². The minimum Gasteiger partial charge on any atom is -0.467 e. The SMILES string of the molecule is Cc1ccc(CNC(=O)[C@]2(C)Cn3cnc(C(=O)NCc4ccco4)c3C(=O)N2C2CC2)cc1. The zero-order valence-electron chi connectivity index (χ0n) is 19.2. The molecule has 3 heterocycles. The van der Waals surface area contributed by atoms with E-state index in [4.69, 9.17) is 4.42 Å². The minimum atomic E-state index is -1.08. The molecule has 9 heteroatoms. The molecule has 1 saturated carbocycles. The van der Waals surface area contributed by atoms with Crippen LogP contribution in [0.2, 0.25) is 0 Å². The molecule has 9 nitrogen and oxygen atoms in total. The number of rotatable bonds is 7. The fourth-order valence-corrected chi connectivity index (χ4v) is 4.46. The lowest BCUT2D eigenvalue weighted by Crippen LogP contribution is -2.64. The van der Waals surface area contributed by atoms with Crippen molar-refractivity contribution in [3.63, 3.8) is 0 Å². The Morgan fingerprint density at radius 3 is 2.59 bits per heavy atom. The number of carbonyl (C=O) groups is 3. The number of furan rings is 1. The second kappa shape index (κ2) is 8.48. The second-order valence-electron chi connectivity index (χ2n) is 9.18. The van der Waals surface area contributed by atoms with Crippen molar-refractivity contribution in [3.05, 3.63) is 77.3 Å². The Labute approximate surface area is 197 Å². The van der Waals surface area contributed by atoms with E-state index in [2.05, 4.69) is 15.6 Å². The number of benzene rings is 1. The van der Waals surface area contributed by atoms with Gasteiger partial charge in [-0.1, -0.05) is 29.8 Å². The molecule has 0 saturated heterocycles. The molecule has 1 fully saturated rings. The normalized spacial score (nSPS) is 19.6. The largest absolute Gasteiger partial charge is 0.467 e. The number of hydrogen-bond acceptors (Lipinski definition) is 5. The van der Waals surface area contributed by atoms with Crippen LogP contribution in [0.3, 0.4) is 0 Å². The number of hydrogen-bond donors (Lipinski definition) is 2. The Balaban J connectivity index is 1.37. The maximum atomic E-state index is 13.6. The molecular weight excluding hydrogens is 434 g/mol. The zero-order chi connectivity index (χ0) is 23.9. The van der Waals surface area contributed by atoms with Crippen molar-refractivity contribution in [2.45, 2.75) is 57.9 Å². The molecule has 0 unspecified atom stereocenters. The maximum Gasteiger partial charge on any atom is 0.274 e. The van der Waals surface area contributed by atoms with Gasteiger partial charge in [-0.15, -0.1) is 0 Å². The maximum absolute atomic E-state index is 13.6. The Hall–Kier alpha value is -3.88. The summed E-state index contributed by atoms with van der Waals surface area (Å²) in [5.41, 5.74) is 1.33. The first kappa shape index (κ1) is 21.9. The highest BCUT2D eigenvalue weighted by molar-refractivity contribution is 6.07. The molecule has 34 heavy (non-hydrogen) atoms. The van der Waals surface area contributed by atoms with Crippen LogP contribution in [0.1, 0.15) is 57.6 Å². The fraction of sp³-hybridized carbons (Fsp3) is 0.360. The molecule has 0 radical (unpaired) electrons. The minimum absolute atomic E-state index is 0.0229. The molecule has 1 atom stereocenters. The first-order valence-corrected chi connectivity index (χ1v) is 11.4. The molecular formula is C25H27N5O4. The van der Waals surface area contributed by atoms with Gasteiger partial charge >= 0.3 is 0 Å². The molecule has 2 aromatic heterocycles. The Morgan fingerprint density at radius 1 is 1.15 bits per heavy atom. The smallest absolute Gasteiger partial charge is 0.274 e. The predicted molar refractivity (Wildman–Crippen MR) is 123 cm³/mol.